The van der Waals surface area contributed by atoms with Crippen LogP contribution < -0.4 is 5.56 Å². The third kappa shape index (κ3) is 4.77. The van der Waals surface area contributed by atoms with Gasteiger partial charge in [-0.05, 0) is 43.5 Å². The highest BCUT2D eigenvalue weighted by molar-refractivity contribution is 7.98. The normalized spacial score (nSPS) is 15.2. The largest absolute Gasteiger partial charge is 0.379 e. The maximum Gasteiger partial charge on any atom is 0.263 e. The molecular weight excluding hydrogens is 421 g/mol. The SMILES string of the molecule is Cc1sc2nc(SCc3ccc(F)cc3)n(CCCN3CCOCC3)c(=O)c2c1C. The molecule has 1 aliphatic heterocycles. The van der Waals surface area contributed by atoms with Gasteiger partial charge in [0.05, 0.1) is 18.6 Å². The van der Waals surface area contributed by atoms with E-state index in [-0.39, 0.29) is 11.4 Å². The number of halogens is 1. The molecule has 1 fully saturated rings. The van der Waals surface area contributed by atoms with Crippen molar-refractivity contribution in [1.82, 2.24) is 14.5 Å². The predicted octanol–water partition coefficient (Wildman–Crippen LogP) is 4.23. The van der Waals surface area contributed by atoms with Crippen molar-refractivity contribution in [2.75, 3.05) is 32.8 Å². The highest BCUT2D eigenvalue weighted by Gasteiger charge is 2.17. The number of benzene rings is 1. The Balaban J connectivity index is 1.58. The number of aryl methyl sites for hydroxylation is 2. The van der Waals surface area contributed by atoms with Gasteiger partial charge in [0, 0.05) is 36.8 Å². The summed E-state index contributed by atoms with van der Waals surface area (Å²) in [5.41, 5.74) is 2.09. The van der Waals surface area contributed by atoms with Crippen LogP contribution in [0.25, 0.3) is 10.2 Å². The Kier molecular flexibility index (Phi) is 6.87. The molecule has 1 aliphatic rings. The fraction of sp³-hybridized carbons (Fsp3) is 0.455. The molecule has 0 saturated carbocycles. The highest BCUT2D eigenvalue weighted by Crippen LogP contribution is 2.29. The van der Waals surface area contributed by atoms with E-state index in [1.807, 2.05) is 18.4 Å². The van der Waals surface area contributed by atoms with Gasteiger partial charge in [-0.15, -0.1) is 11.3 Å². The Bertz CT molecular complexity index is 1070. The molecule has 0 bridgehead atoms. The quantitative estimate of drug-likeness (QED) is 0.401. The Morgan fingerprint density at radius 3 is 2.63 bits per heavy atom. The van der Waals surface area contributed by atoms with Gasteiger partial charge in [0.1, 0.15) is 10.6 Å². The zero-order valence-electron chi connectivity index (χ0n) is 17.3. The van der Waals surface area contributed by atoms with Crippen LogP contribution in [0.5, 0.6) is 0 Å². The van der Waals surface area contributed by atoms with E-state index in [1.54, 1.807) is 23.5 Å². The summed E-state index contributed by atoms with van der Waals surface area (Å²) in [4.78, 5) is 22.5. The summed E-state index contributed by atoms with van der Waals surface area (Å²) in [6, 6.07) is 6.49. The van der Waals surface area contributed by atoms with Crippen molar-refractivity contribution in [2.24, 2.45) is 0 Å². The standard InChI is InChI=1S/C22H26FN3O2S2/c1-15-16(2)30-20-19(15)21(27)26(9-3-8-25-10-12-28-13-11-25)22(24-20)29-14-17-4-6-18(23)7-5-17/h4-7H,3,8-14H2,1-2H3. The molecule has 0 aliphatic carbocycles. The van der Waals surface area contributed by atoms with Crippen molar-refractivity contribution in [2.45, 2.75) is 37.7 Å². The van der Waals surface area contributed by atoms with Gasteiger partial charge in [-0.3, -0.25) is 14.3 Å². The maximum atomic E-state index is 13.4. The van der Waals surface area contributed by atoms with Crippen LogP contribution in [0.1, 0.15) is 22.4 Å². The third-order valence-corrected chi connectivity index (χ3v) is 7.64. The van der Waals surface area contributed by atoms with Gasteiger partial charge < -0.3 is 4.74 Å². The molecule has 0 N–H and O–H groups in total. The molecule has 2 aromatic heterocycles. The van der Waals surface area contributed by atoms with Crippen molar-refractivity contribution in [3.05, 3.63) is 56.4 Å². The maximum absolute atomic E-state index is 13.4. The smallest absolute Gasteiger partial charge is 0.263 e. The molecule has 30 heavy (non-hydrogen) atoms. The second-order valence-electron chi connectivity index (χ2n) is 7.54. The van der Waals surface area contributed by atoms with Crippen LogP contribution in [0, 0.1) is 19.7 Å². The number of hydrogen-bond donors (Lipinski definition) is 0. The topological polar surface area (TPSA) is 47.4 Å². The van der Waals surface area contributed by atoms with Gasteiger partial charge in [0.25, 0.3) is 5.56 Å². The molecule has 8 heteroatoms. The minimum absolute atomic E-state index is 0.0467. The van der Waals surface area contributed by atoms with Gasteiger partial charge in [0.15, 0.2) is 5.16 Å². The molecule has 0 atom stereocenters. The number of hydrogen-bond acceptors (Lipinski definition) is 6. The van der Waals surface area contributed by atoms with E-state index in [2.05, 4.69) is 4.90 Å². The number of fused-ring (bicyclic) bond motifs is 1. The van der Waals surface area contributed by atoms with Crippen LogP contribution in [0.3, 0.4) is 0 Å². The van der Waals surface area contributed by atoms with Gasteiger partial charge in [-0.1, -0.05) is 23.9 Å². The zero-order valence-corrected chi connectivity index (χ0v) is 19.0. The number of rotatable bonds is 7. The van der Waals surface area contributed by atoms with E-state index in [0.29, 0.717) is 12.3 Å². The first-order valence-corrected chi connectivity index (χ1v) is 12.0. The zero-order chi connectivity index (χ0) is 21.1. The number of aromatic nitrogens is 2. The average molecular weight is 448 g/mol. The Hall–Kier alpha value is -1.74. The minimum Gasteiger partial charge on any atom is -0.379 e. The summed E-state index contributed by atoms with van der Waals surface area (Å²) in [7, 11) is 0. The minimum atomic E-state index is -0.243. The Morgan fingerprint density at radius 1 is 1.17 bits per heavy atom. The molecule has 5 nitrogen and oxygen atoms in total. The van der Waals surface area contributed by atoms with Gasteiger partial charge in [-0.2, -0.15) is 0 Å². The van der Waals surface area contributed by atoms with Crippen molar-refractivity contribution >= 4 is 33.3 Å². The molecule has 4 rings (SSSR count). The van der Waals surface area contributed by atoms with E-state index >= 15 is 0 Å². The first kappa shape index (κ1) is 21.5. The summed E-state index contributed by atoms with van der Waals surface area (Å²) >= 11 is 3.12. The molecular formula is C22H26FN3O2S2. The number of ether oxygens (including phenoxy) is 1. The van der Waals surface area contributed by atoms with Crippen molar-refractivity contribution in [3.63, 3.8) is 0 Å². The molecule has 0 unspecified atom stereocenters. The van der Waals surface area contributed by atoms with Crippen molar-refractivity contribution in [3.8, 4) is 0 Å². The van der Waals surface area contributed by atoms with Crippen LogP contribution in [0.2, 0.25) is 0 Å². The molecule has 1 aromatic carbocycles. The molecule has 3 aromatic rings. The van der Waals surface area contributed by atoms with Gasteiger partial charge in [-0.25, -0.2) is 9.37 Å². The molecule has 0 radical (unpaired) electrons. The van der Waals surface area contributed by atoms with E-state index < -0.39 is 0 Å². The highest BCUT2D eigenvalue weighted by atomic mass is 32.2. The summed E-state index contributed by atoms with van der Waals surface area (Å²) < 4.78 is 20.4. The van der Waals surface area contributed by atoms with E-state index in [4.69, 9.17) is 9.72 Å². The molecule has 0 spiro atoms. The Morgan fingerprint density at radius 2 is 1.90 bits per heavy atom. The predicted molar refractivity (Wildman–Crippen MR) is 121 cm³/mol. The average Bonchev–Trinajstić information content (AvgIpc) is 3.04. The van der Waals surface area contributed by atoms with Gasteiger partial charge >= 0.3 is 0 Å². The lowest BCUT2D eigenvalue weighted by atomic mass is 10.2. The number of thiophene rings is 1. The van der Waals surface area contributed by atoms with Crippen molar-refractivity contribution in [1.29, 1.82) is 0 Å². The Labute approximate surface area is 183 Å². The van der Waals surface area contributed by atoms with E-state index in [0.717, 1.165) is 70.6 Å². The monoisotopic (exact) mass is 447 g/mol. The summed E-state index contributed by atoms with van der Waals surface area (Å²) in [6.07, 6.45) is 0.888. The van der Waals surface area contributed by atoms with Crippen LogP contribution in [-0.4, -0.2) is 47.3 Å². The van der Waals surface area contributed by atoms with E-state index in [1.165, 1.54) is 23.9 Å². The van der Waals surface area contributed by atoms with Crippen molar-refractivity contribution < 1.29 is 9.13 Å². The number of nitrogens with zero attached hydrogens (tertiary/aromatic N) is 3. The summed E-state index contributed by atoms with van der Waals surface area (Å²) in [5, 5.41) is 1.48. The van der Waals surface area contributed by atoms with Crippen LogP contribution in [-0.2, 0) is 17.0 Å². The van der Waals surface area contributed by atoms with Crippen LogP contribution in [0.15, 0.2) is 34.2 Å². The fourth-order valence-corrected chi connectivity index (χ4v) is 5.67. The second-order valence-corrected chi connectivity index (χ2v) is 9.68. The summed E-state index contributed by atoms with van der Waals surface area (Å²) in [6.45, 7) is 9.06. The lowest BCUT2D eigenvalue weighted by Gasteiger charge is -2.26. The van der Waals surface area contributed by atoms with Crippen LogP contribution >= 0.6 is 23.1 Å². The van der Waals surface area contributed by atoms with Gasteiger partial charge in [0.2, 0.25) is 0 Å². The fourth-order valence-electron chi connectivity index (χ4n) is 3.62. The lowest BCUT2D eigenvalue weighted by Crippen LogP contribution is -2.37. The number of morpholine rings is 1. The third-order valence-electron chi connectivity index (χ3n) is 5.49. The molecule has 1 saturated heterocycles. The number of thioether (sulfide) groups is 1. The van der Waals surface area contributed by atoms with E-state index in [9.17, 15) is 9.18 Å². The molecule has 0 amide bonds. The first-order valence-electron chi connectivity index (χ1n) is 10.2. The summed E-state index contributed by atoms with van der Waals surface area (Å²) in [5.74, 6) is 0.401. The van der Waals surface area contributed by atoms with Crippen LogP contribution in [0.4, 0.5) is 4.39 Å². The molecule has 160 valence electrons. The molecule has 3 heterocycles. The second kappa shape index (κ2) is 9.60. The first-order chi connectivity index (χ1) is 14.5. The lowest BCUT2D eigenvalue weighted by molar-refractivity contribution is 0.0368.